The van der Waals surface area contributed by atoms with Crippen molar-refractivity contribution in [2.75, 3.05) is 0 Å². The molecule has 0 saturated heterocycles. The summed E-state index contributed by atoms with van der Waals surface area (Å²) >= 11 is 1.55. The topological polar surface area (TPSA) is 50.2 Å². The number of carboxylic acid groups (broad SMARTS) is 1. The molecule has 1 rings (SSSR count). The predicted octanol–water partition coefficient (Wildman–Crippen LogP) is 2.43. The van der Waals surface area contributed by atoms with Crippen LogP contribution in [0.5, 0.6) is 0 Å². The number of rotatable bonds is 5. The first-order valence-corrected chi connectivity index (χ1v) is 5.65. The number of aromatic nitrogens is 1. The number of aryl methyl sites for hydroxylation is 1. The molecule has 14 heavy (non-hydrogen) atoms. The monoisotopic (exact) mass is 213 g/mol. The van der Waals surface area contributed by atoms with E-state index < -0.39 is 5.97 Å². The maximum absolute atomic E-state index is 10.9. The second-order valence-electron chi connectivity index (χ2n) is 3.71. The number of nitrogens with zero attached hydrogens (tertiary/aromatic N) is 1. The molecule has 0 amide bonds. The van der Waals surface area contributed by atoms with E-state index in [1.165, 1.54) is 0 Å². The van der Waals surface area contributed by atoms with Crippen LogP contribution >= 0.6 is 11.3 Å². The molecule has 1 aromatic heterocycles. The highest BCUT2D eigenvalue weighted by molar-refractivity contribution is 7.07. The van der Waals surface area contributed by atoms with Crippen LogP contribution in [-0.2, 0) is 11.2 Å². The van der Waals surface area contributed by atoms with Crippen molar-refractivity contribution in [2.45, 2.75) is 26.7 Å². The zero-order chi connectivity index (χ0) is 10.6. The zero-order valence-corrected chi connectivity index (χ0v) is 9.25. The summed E-state index contributed by atoms with van der Waals surface area (Å²) in [4.78, 5) is 15.0. The number of aliphatic carboxylic acids is 1. The minimum atomic E-state index is -0.699. The second-order valence-corrected chi connectivity index (χ2v) is 4.43. The highest BCUT2D eigenvalue weighted by Gasteiger charge is 2.21. The van der Waals surface area contributed by atoms with Gasteiger partial charge in [-0.1, -0.05) is 13.8 Å². The van der Waals surface area contributed by atoms with Crippen LogP contribution in [0.25, 0.3) is 0 Å². The highest BCUT2D eigenvalue weighted by atomic mass is 32.1. The van der Waals surface area contributed by atoms with Crippen LogP contribution in [0.2, 0.25) is 0 Å². The third-order valence-electron chi connectivity index (χ3n) is 2.32. The Hall–Kier alpha value is -0.900. The lowest BCUT2D eigenvalue weighted by Gasteiger charge is -2.14. The van der Waals surface area contributed by atoms with E-state index in [-0.39, 0.29) is 11.8 Å². The molecule has 1 aromatic rings. The molecule has 0 aromatic carbocycles. The molecule has 0 spiro atoms. The van der Waals surface area contributed by atoms with Crippen LogP contribution in [0.3, 0.4) is 0 Å². The predicted molar refractivity (Wildman–Crippen MR) is 56.4 cm³/mol. The van der Waals surface area contributed by atoms with Gasteiger partial charge in [-0.3, -0.25) is 4.79 Å². The van der Waals surface area contributed by atoms with Gasteiger partial charge in [0.25, 0.3) is 0 Å². The molecule has 0 aliphatic rings. The van der Waals surface area contributed by atoms with Gasteiger partial charge in [0, 0.05) is 5.38 Å². The fourth-order valence-electron chi connectivity index (χ4n) is 1.41. The minimum Gasteiger partial charge on any atom is -0.481 e. The van der Waals surface area contributed by atoms with Gasteiger partial charge in [-0.05, 0) is 18.8 Å². The van der Waals surface area contributed by atoms with Crippen molar-refractivity contribution in [3.8, 4) is 0 Å². The average Bonchev–Trinajstić information content (AvgIpc) is 2.55. The van der Waals surface area contributed by atoms with E-state index in [2.05, 4.69) is 4.98 Å². The molecule has 4 heteroatoms. The molecule has 1 N–H and O–H groups in total. The lowest BCUT2D eigenvalue weighted by Crippen LogP contribution is -2.20. The average molecular weight is 213 g/mol. The van der Waals surface area contributed by atoms with Crippen LogP contribution in [0, 0.1) is 11.8 Å². The van der Waals surface area contributed by atoms with Crippen molar-refractivity contribution >= 4 is 17.3 Å². The van der Waals surface area contributed by atoms with Crippen molar-refractivity contribution in [1.29, 1.82) is 0 Å². The van der Waals surface area contributed by atoms with Gasteiger partial charge in [-0.15, -0.1) is 11.3 Å². The lowest BCUT2D eigenvalue weighted by molar-refractivity contribution is -0.143. The van der Waals surface area contributed by atoms with Gasteiger partial charge in [0.15, 0.2) is 0 Å². The summed E-state index contributed by atoms with van der Waals surface area (Å²) in [7, 11) is 0. The van der Waals surface area contributed by atoms with E-state index in [1.54, 1.807) is 16.8 Å². The number of hydrogen-bond acceptors (Lipinski definition) is 3. The molecular weight excluding hydrogens is 198 g/mol. The van der Waals surface area contributed by atoms with E-state index in [0.29, 0.717) is 6.42 Å². The summed E-state index contributed by atoms with van der Waals surface area (Å²) in [5.74, 6) is -0.766. The number of carboxylic acids is 1. The van der Waals surface area contributed by atoms with Crippen molar-refractivity contribution < 1.29 is 9.90 Å². The molecule has 0 aliphatic heterocycles. The zero-order valence-electron chi connectivity index (χ0n) is 8.43. The van der Waals surface area contributed by atoms with Gasteiger partial charge in [-0.2, -0.15) is 0 Å². The Morgan fingerprint density at radius 3 is 2.79 bits per heavy atom. The quantitative estimate of drug-likeness (QED) is 0.817. The third-order valence-corrected chi connectivity index (χ3v) is 2.95. The number of hydrogen-bond donors (Lipinski definition) is 1. The van der Waals surface area contributed by atoms with Crippen LogP contribution in [0.1, 0.15) is 26.0 Å². The molecule has 0 bridgehead atoms. The standard InChI is InChI=1S/C10H15NO2S/c1-7(2)9(10(12)13)4-3-8-5-14-6-11-8/h5-7,9H,3-4H2,1-2H3,(H,12,13)/t9-/m1/s1. The second kappa shape index (κ2) is 5.10. The molecule has 3 nitrogen and oxygen atoms in total. The van der Waals surface area contributed by atoms with E-state index >= 15 is 0 Å². The van der Waals surface area contributed by atoms with Gasteiger partial charge in [0.1, 0.15) is 0 Å². The first kappa shape index (κ1) is 11.2. The Bertz CT molecular complexity index is 282. The van der Waals surface area contributed by atoms with Crippen LogP contribution in [-0.4, -0.2) is 16.1 Å². The molecule has 1 heterocycles. The van der Waals surface area contributed by atoms with Crippen LogP contribution in [0.15, 0.2) is 10.9 Å². The maximum atomic E-state index is 10.9. The first-order valence-electron chi connectivity index (χ1n) is 4.71. The van der Waals surface area contributed by atoms with Gasteiger partial charge < -0.3 is 5.11 Å². The van der Waals surface area contributed by atoms with Gasteiger partial charge in [0.2, 0.25) is 0 Å². The lowest BCUT2D eigenvalue weighted by atomic mass is 9.91. The first-order chi connectivity index (χ1) is 6.61. The van der Waals surface area contributed by atoms with Crippen molar-refractivity contribution in [3.05, 3.63) is 16.6 Å². The Labute approximate surface area is 87.8 Å². The van der Waals surface area contributed by atoms with Crippen LogP contribution < -0.4 is 0 Å². The van der Waals surface area contributed by atoms with Crippen LogP contribution in [0.4, 0.5) is 0 Å². The molecule has 0 aliphatic carbocycles. The Morgan fingerprint density at radius 1 is 1.64 bits per heavy atom. The normalized spacial score (nSPS) is 13.1. The van der Waals surface area contributed by atoms with Crippen molar-refractivity contribution in [1.82, 2.24) is 4.98 Å². The summed E-state index contributed by atoms with van der Waals surface area (Å²) in [6, 6.07) is 0. The van der Waals surface area contributed by atoms with E-state index in [4.69, 9.17) is 5.11 Å². The molecule has 0 fully saturated rings. The summed E-state index contributed by atoms with van der Waals surface area (Å²) in [6.45, 7) is 3.89. The molecule has 0 saturated carbocycles. The van der Waals surface area contributed by atoms with Gasteiger partial charge in [-0.25, -0.2) is 4.98 Å². The van der Waals surface area contributed by atoms with Gasteiger partial charge in [0.05, 0.1) is 17.1 Å². The summed E-state index contributed by atoms with van der Waals surface area (Å²) in [5, 5.41) is 10.9. The van der Waals surface area contributed by atoms with E-state index in [1.807, 2.05) is 19.2 Å². The van der Waals surface area contributed by atoms with Crippen molar-refractivity contribution in [3.63, 3.8) is 0 Å². The fourth-order valence-corrected chi connectivity index (χ4v) is 2.00. The Kier molecular flexibility index (Phi) is 4.07. The SMILES string of the molecule is CC(C)[C@@H](CCc1cscn1)C(=O)O. The smallest absolute Gasteiger partial charge is 0.306 e. The minimum absolute atomic E-state index is 0.186. The van der Waals surface area contributed by atoms with E-state index in [0.717, 1.165) is 12.1 Å². The molecule has 0 radical (unpaired) electrons. The highest BCUT2D eigenvalue weighted by Crippen LogP contribution is 2.18. The third kappa shape index (κ3) is 3.10. The maximum Gasteiger partial charge on any atom is 0.306 e. The fraction of sp³-hybridized carbons (Fsp3) is 0.600. The molecule has 1 atom stereocenters. The summed E-state index contributed by atoms with van der Waals surface area (Å²) in [6.07, 6.45) is 1.44. The molecule has 78 valence electrons. The van der Waals surface area contributed by atoms with E-state index in [9.17, 15) is 4.79 Å². The molecular formula is C10H15NO2S. The summed E-state index contributed by atoms with van der Waals surface area (Å²) < 4.78 is 0. The Morgan fingerprint density at radius 2 is 2.36 bits per heavy atom. The van der Waals surface area contributed by atoms with Crippen molar-refractivity contribution in [2.24, 2.45) is 11.8 Å². The Balaban J connectivity index is 2.45. The molecule has 0 unspecified atom stereocenters. The largest absolute Gasteiger partial charge is 0.481 e. The summed E-state index contributed by atoms with van der Waals surface area (Å²) in [5.41, 5.74) is 2.78. The number of thiazole rings is 1. The van der Waals surface area contributed by atoms with Gasteiger partial charge >= 0.3 is 5.97 Å². The number of carbonyl (C=O) groups is 1.